The number of carbonyl (C=O) groups is 2. The molecule has 1 aliphatic rings. The fraction of sp³-hybridized carbons (Fsp3) is 0.733. The number of nitrogens with zero attached hydrogens (tertiary/aromatic N) is 1. The van der Waals surface area contributed by atoms with Crippen molar-refractivity contribution in [3.05, 3.63) is 11.6 Å². The summed E-state index contributed by atoms with van der Waals surface area (Å²) in [5.74, 6) is -1.49. The minimum absolute atomic E-state index is 0.147. The number of urea groups is 1. The number of carboxylic acids is 1. The van der Waals surface area contributed by atoms with Crippen LogP contribution in [0, 0.1) is 11.3 Å². The quantitative estimate of drug-likeness (QED) is 0.781. The zero-order valence-electron chi connectivity index (χ0n) is 13.1. The van der Waals surface area contributed by atoms with Crippen LogP contribution in [0.4, 0.5) is 4.79 Å². The third-order valence-electron chi connectivity index (χ3n) is 3.95. The Labute approximate surface area is 121 Å². The Morgan fingerprint density at radius 3 is 2.35 bits per heavy atom. The summed E-state index contributed by atoms with van der Waals surface area (Å²) in [6, 6.07) is -0.567. The first kappa shape index (κ1) is 16.5. The van der Waals surface area contributed by atoms with Gasteiger partial charge in [-0.1, -0.05) is 32.4 Å². The average Bonchev–Trinajstić information content (AvgIpc) is 2.36. The first-order valence-corrected chi connectivity index (χ1v) is 7.10. The van der Waals surface area contributed by atoms with Crippen LogP contribution in [0.5, 0.6) is 0 Å². The van der Waals surface area contributed by atoms with Crippen molar-refractivity contribution in [1.29, 1.82) is 0 Å². The van der Waals surface area contributed by atoms with Gasteiger partial charge in [0.2, 0.25) is 0 Å². The molecule has 0 aliphatic carbocycles. The van der Waals surface area contributed by atoms with Crippen molar-refractivity contribution in [2.45, 2.75) is 47.1 Å². The standard InChI is InChI=1S/C15H26N2O3/c1-10(13(18)19)11(2)16-14(20)17-8-6-12(7-9-17)15(3,4)5/h6,10-11H,7-9H2,1-5H3,(H,16,20)(H,18,19). The van der Waals surface area contributed by atoms with Crippen LogP contribution >= 0.6 is 0 Å². The average molecular weight is 282 g/mol. The van der Waals surface area contributed by atoms with Crippen LogP contribution in [0.2, 0.25) is 0 Å². The molecule has 0 bridgehead atoms. The lowest BCUT2D eigenvalue weighted by molar-refractivity contribution is -0.141. The van der Waals surface area contributed by atoms with Crippen LogP contribution in [-0.2, 0) is 4.79 Å². The molecule has 0 fully saturated rings. The van der Waals surface area contributed by atoms with Gasteiger partial charge in [0.05, 0.1) is 5.92 Å². The van der Waals surface area contributed by atoms with Gasteiger partial charge in [-0.05, 0) is 25.7 Å². The van der Waals surface area contributed by atoms with Gasteiger partial charge in [-0.3, -0.25) is 4.79 Å². The molecule has 5 nitrogen and oxygen atoms in total. The van der Waals surface area contributed by atoms with E-state index in [9.17, 15) is 9.59 Å². The Hall–Kier alpha value is -1.52. The number of aliphatic carboxylic acids is 1. The Balaban J connectivity index is 2.55. The largest absolute Gasteiger partial charge is 0.481 e. The molecule has 1 aliphatic heterocycles. The van der Waals surface area contributed by atoms with E-state index >= 15 is 0 Å². The lowest BCUT2D eigenvalue weighted by Crippen LogP contribution is -2.48. The smallest absolute Gasteiger partial charge is 0.317 e. The summed E-state index contributed by atoms with van der Waals surface area (Å²) in [6.45, 7) is 11.1. The van der Waals surface area contributed by atoms with E-state index in [4.69, 9.17) is 5.11 Å². The second-order valence-corrected chi connectivity index (χ2v) is 6.54. The van der Waals surface area contributed by atoms with Gasteiger partial charge in [-0.2, -0.15) is 0 Å². The van der Waals surface area contributed by atoms with Crippen LogP contribution < -0.4 is 5.32 Å². The summed E-state index contributed by atoms with van der Waals surface area (Å²) in [7, 11) is 0. The molecule has 20 heavy (non-hydrogen) atoms. The number of carboxylic acid groups (broad SMARTS) is 1. The minimum Gasteiger partial charge on any atom is -0.481 e. The van der Waals surface area contributed by atoms with Gasteiger partial charge in [0.15, 0.2) is 0 Å². The first-order chi connectivity index (χ1) is 9.12. The molecule has 0 saturated heterocycles. The van der Waals surface area contributed by atoms with Crippen LogP contribution in [0.1, 0.15) is 41.0 Å². The molecule has 0 aromatic heterocycles. The molecule has 2 N–H and O–H groups in total. The van der Waals surface area contributed by atoms with Crippen LogP contribution in [0.25, 0.3) is 0 Å². The molecule has 2 unspecified atom stereocenters. The summed E-state index contributed by atoms with van der Waals surface area (Å²) in [5.41, 5.74) is 1.52. The maximum absolute atomic E-state index is 12.1. The molecule has 114 valence electrons. The summed E-state index contributed by atoms with van der Waals surface area (Å²) in [4.78, 5) is 24.7. The summed E-state index contributed by atoms with van der Waals surface area (Å²) in [5, 5.41) is 11.7. The molecule has 0 spiro atoms. The van der Waals surface area contributed by atoms with Crippen LogP contribution in [0.15, 0.2) is 11.6 Å². The van der Waals surface area contributed by atoms with Gasteiger partial charge in [0, 0.05) is 19.1 Å². The number of hydrogen-bond donors (Lipinski definition) is 2. The van der Waals surface area contributed by atoms with E-state index < -0.39 is 11.9 Å². The lowest BCUT2D eigenvalue weighted by Gasteiger charge is -2.33. The maximum atomic E-state index is 12.1. The molecule has 2 amide bonds. The Morgan fingerprint density at radius 1 is 1.35 bits per heavy atom. The highest BCUT2D eigenvalue weighted by molar-refractivity contribution is 5.77. The molecule has 1 heterocycles. The number of nitrogens with one attached hydrogen (secondary N) is 1. The van der Waals surface area contributed by atoms with E-state index in [-0.39, 0.29) is 17.5 Å². The van der Waals surface area contributed by atoms with Crippen LogP contribution in [0.3, 0.4) is 0 Å². The van der Waals surface area contributed by atoms with Gasteiger partial charge in [0.25, 0.3) is 0 Å². The topological polar surface area (TPSA) is 69.6 Å². The number of hydrogen-bond acceptors (Lipinski definition) is 2. The van der Waals surface area contributed by atoms with E-state index in [2.05, 4.69) is 32.2 Å². The Kier molecular flexibility index (Phi) is 5.20. The lowest BCUT2D eigenvalue weighted by atomic mass is 9.83. The van der Waals surface area contributed by atoms with E-state index in [0.29, 0.717) is 13.1 Å². The molecular weight excluding hydrogens is 256 g/mol. The molecule has 0 aromatic carbocycles. The van der Waals surface area contributed by atoms with Crippen molar-refractivity contribution in [2.75, 3.05) is 13.1 Å². The van der Waals surface area contributed by atoms with Gasteiger partial charge < -0.3 is 15.3 Å². The van der Waals surface area contributed by atoms with Gasteiger partial charge in [-0.15, -0.1) is 0 Å². The first-order valence-electron chi connectivity index (χ1n) is 7.10. The van der Waals surface area contributed by atoms with Crippen molar-refractivity contribution in [3.8, 4) is 0 Å². The second-order valence-electron chi connectivity index (χ2n) is 6.54. The van der Waals surface area contributed by atoms with Gasteiger partial charge in [0.1, 0.15) is 0 Å². The molecular formula is C15H26N2O3. The predicted octanol–water partition coefficient (Wildman–Crippen LogP) is 2.48. The number of rotatable bonds is 3. The molecule has 5 heteroatoms. The monoisotopic (exact) mass is 282 g/mol. The highest BCUT2D eigenvalue weighted by atomic mass is 16.4. The molecule has 0 saturated carbocycles. The molecule has 2 atom stereocenters. The van der Waals surface area contributed by atoms with Gasteiger partial charge >= 0.3 is 12.0 Å². The van der Waals surface area contributed by atoms with Gasteiger partial charge in [-0.25, -0.2) is 4.79 Å². The Bertz CT molecular complexity index is 410. The van der Waals surface area contributed by atoms with Crippen molar-refractivity contribution in [3.63, 3.8) is 0 Å². The van der Waals surface area contributed by atoms with E-state index in [1.54, 1.807) is 18.7 Å². The predicted molar refractivity (Wildman–Crippen MR) is 78.5 cm³/mol. The fourth-order valence-electron chi connectivity index (χ4n) is 2.16. The molecule has 0 aromatic rings. The maximum Gasteiger partial charge on any atom is 0.317 e. The zero-order chi connectivity index (χ0) is 15.5. The third kappa shape index (κ3) is 4.25. The molecule has 1 rings (SSSR count). The van der Waals surface area contributed by atoms with E-state index in [1.807, 2.05) is 0 Å². The van der Waals surface area contributed by atoms with Crippen molar-refractivity contribution >= 4 is 12.0 Å². The fourth-order valence-corrected chi connectivity index (χ4v) is 2.16. The minimum atomic E-state index is -0.897. The Morgan fingerprint density at radius 2 is 1.95 bits per heavy atom. The summed E-state index contributed by atoms with van der Waals surface area (Å²) < 4.78 is 0. The SMILES string of the molecule is CC(NC(=O)N1CC=C(C(C)(C)C)CC1)C(C)C(=O)O. The van der Waals surface area contributed by atoms with Crippen molar-refractivity contribution in [1.82, 2.24) is 10.2 Å². The normalized spacial score (nSPS) is 19.1. The van der Waals surface area contributed by atoms with E-state index in [1.165, 1.54) is 5.57 Å². The highest BCUT2D eigenvalue weighted by Crippen LogP contribution is 2.30. The third-order valence-corrected chi connectivity index (χ3v) is 3.95. The summed E-state index contributed by atoms with van der Waals surface area (Å²) in [6.07, 6.45) is 2.98. The van der Waals surface area contributed by atoms with Crippen LogP contribution in [-0.4, -0.2) is 41.1 Å². The zero-order valence-corrected chi connectivity index (χ0v) is 13.1. The number of amides is 2. The summed E-state index contributed by atoms with van der Waals surface area (Å²) >= 11 is 0. The van der Waals surface area contributed by atoms with E-state index in [0.717, 1.165) is 6.42 Å². The highest BCUT2D eigenvalue weighted by Gasteiger charge is 2.26. The molecule has 0 radical (unpaired) electrons. The number of carbonyl (C=O) groups excluding carboxylic acids is 1. The second kappa shape index (κ2) is 6.29. The van der Waals surface area contributed by atoms with Crippen molar-refractivity contribution < 1.29 is 14.7 Å². The van der Waals surface area contributed by atoms with Crippen molar-refractivity contribution in [2.24, 2.45) is 11.3 Å².